The average Bonchev–Trinajstić information content (AvgIpc) is 3.94. The molecule has 2 saturated heterocycles. The molecule has 4 N–H and O–H groups in total. The normalized spacial score (nSPS) is 53.1. The van der Waals surface area contributed by atoms with Gasteiger partial charge in [0.25, 0.3) is 0 Å². The lowest BCUT2D eigenvalue weighted by molar-refractivity contribution is -0.174. The number of ketones is 2. The Hall–Kier alpha value is -0.710. The number of hydrogen-bond donors (Lipinski definition) is 4. The molecule has 2 heterocycles. The highest BCUT2D eigenvalue weighted by atomic mass is 32.2. The lowest BCUT2D eigenvalue weighted by Gasteiger charge is -2.62. The molecule has 0 amide bonds. The SMILES string of the molecule is C=C1CC(=O)[C@H](C[C@@H](C)C2CCC3C4C(CC[C@@]32C)[C@@]2(C)CC[C@@H](O)C[C@H]2C[C@H]4O)S1.C[C@H](C[C@H]1SC(=O)CC1=O)C1CCC2C3C(CC[C@@]21C)[C@@]1(C)CC[C@@H](O)C[C@H]1C[C@H]3O. The summed E-state index contributed by atoms with van der Waals surface area (Å²) in [5.74, 6) is 6.83. The monoisotopic (exact) mass is 895 g/mol. The van der Waals surface area contributed by atoms with Crippen LogP contribution in [0.1, 0.15) is 170 Å². The van der Waals surface area contributed by atoms with Crippen molar-refractivity contribution in [3.63, 3.8) is 0 Å². The minimum absolute atomic E-state index is 0.0453. The van der Waals surface area contributed by atoms with E-state index in [9.17, 15) is 34.8 Å². The van der Waals surface area contributed by atoms with E-state index in [-0.39, 0.29) is 63.1 Å². The Balaban J connectivity index is 0.000000158. The number of carbonyl (C=O) groups excluding carboxylic acids is 3. The number of rotatable bonds is 6. The van der Waals surface area contributed by atoms with E-state index < -0.39 is 0 Å². The summed E-state index contributed by atoms with van der Waals surface area (Å²) in [6.07, 6.45) is 19.1. The van der Waals surface area contributed by atoms with Crippen LogP contribution in [0.4, 0.5) is 0 Å². The summed E-state index contributed by atoms with van der Waals surface area (Å²) in [7, 11) is 0. The largest absolute Gasteiger partial charge is 0.393 e. The van der Waals surface area contributed by atoms with E-state index in [2.05, 4.69) is 48.1 Å². The summed E-state index contributed by atoms with van der Waals surface area (Å²) >= 11 is 2.99. The maximum Gasteiger partial charge on any atom is 0.197 e. The first-order chi connectivity index (χ1) is 29.3. The number of thioether (sulfide) groups is 2. The number of aliphatic hydroxyl groups excluding tert-OH is 4. The van der Waals surface area contributed by atoms with Gasteiger partial charge in [-0.3, -0.25) is 14.4 Å². The van der Waals surface area contributed by atoms with Crippen molar-refractivity contribution < 1.29 is 34.8 Å². The smallest absolute Gasteiger partial charge is 0.197 e. The van der Waals surface area contributed by atoms with Crippen LogP contribution in [-0.4, -0.2) is 72.0 Å². The van der Waals surface area contributed by atoms with Crippen LogP contribution >= 0.6 is 23.5 Å². The van der Waals surface area contributed by atoms with Crippen molar-refractivity contribution in [2.75, 3.05) is 0 Å². The van der Waals surface area contributed by atoms with Gasteiger partial charge in [0.1, 0.15) is 0 Å². The highest BCUT2D eigenvalue weighted by molar-refractivity contribution is 8.15. The fourth-order valence-corrected chi connectivity index (χ4v) is 21.3. The zero-order valence-electron chi connectivity index (χ0n) is 39.1. The number of fused-ring (bicyclic) bond motifs is 10. The summed E-state index contributed by atoms with van der Waals surface area (Å²) in [6.45, 7) is 18.7. The third kappa shape index (κ3) is 7.74. The Morgan fingerprint density at radius 2 is 0.952 bits per heavy atom. The Labute approximate surface area is 382 Å². The highest BCUT2D eigenvalue weighted by Crippen LogP contribution is 2.70. The number of carbonyl (C=O) groups is 3. The lowest BCUT2D eigenvalue weighted by Crippen LogP contribution is -2.58. The molecule has 0 aromatic carbocycles. The number of aliphatic hydroxyl groups is 4. The molecule has 0 aromatic rings. The third-order valence-corrected chi connectivity index (χ3v) is 24.4. The van der Waals surface area contributed by atoms with E-state index in [1.54, 1.807) is 11.8 Å². The predicted molar refractivity (Wildman–Crippen MR) is 249 cm³/mol. The number of hydrogen-bond acceptors (Lipinski definition) is 9. The van der Waals surface area contributed by atoms with Crippen LogP contribution in [0.2, 0.25) is 0 Å². The van der Waals surface area contributed by atoms with Crippen LogP contribution < -0.4 is 0 Å². The summed E-state index contributed by atoms with van der Waals surface area (Å²) in [6, 6.07) is 0. The van der Waals surface area contributed by atoms with Crippen molar-refractivity contribution in [3.05, 3.63) is 11.5 Å². The first-order valence-corrected chi connectivity index (χ1v) is 27.3. The topological polar surface area (TPSA) is 132 Å². The van der Waals surface area contributed by atoms with Gasteiger partial charge in [-0.2, -0.15) is 0 Å². The third-order valence-electron chi connectivity index (χ3n) is 22.0. The van der Waals surface area contributed by atoms with Crippen LogP contribution in [0.15, 0.2) is 11.5 Å². The van der Waals surface area contributed by atoms with E-state index in [4.69, 9.17) is 0 Å². The van der Waals surface area contributed by atoms with Crippen LogP contribution in [0.3, 0.4) is 0 Å². The fourth-order valence-electron chi connectivity index (χ4n) is 18.9. The molecule has 0 aromatic heterocycles. The fraction of sp³-hybridized carbons (Fsp3) is 0.906. The highest BCUT2D eigenvalue weighted by Gasteiger charge is 2.65. The molecule has 10 aliphatic rings. The van der Waals surface area contributed by atoms with E-state index in [1.807, 2.05) is 0 Å². The standard InChI is InChI=1S/C27H42O3S.C26H40O4S/c1-15(11-24-22(29)12-16(2)31-24)19-5-6-20-25-21(8-10-27(19,20)4)26(3)9-7-18(28)13-17(26)14-23(25)30;1-14(10-22-20(28)13-23(30)31-22)17-4-5-18-24-19(7-9-26(17,18)3)25(2)8-6-16(27)11-15(25)12-21(24)29/h15,17-21,23-25,28,30H,2,5-14H2,1,3-4H3;14-19,21-22,24,27,29H,4-13H2,1-3H3/t15-,17+,18-,19?,20?,21?,23-,24+,25?,26+,27-;14-,15+,16-,17?,18?,19?,21-,22-,24?,25+,26-/m11/s1. The van der Waals surface area contributed by atoms with Gasteiger partial charge in [0.2, 0.25) is 0 Å². The minimum atomic E-state index is -0.239. The van der Waals surface area contributed by atoms with E-state index in [0.29, 0.717) is 94.0 Å². The number of allylic oxidation sites excluding steroid dienone is 1. The Morgan fingerprint density at radius 3 is 1.35 bits per heavy atom. The molecule has 0 radical (unpaired) electrons. The second kappa shape index (κ2) is 17.1. The quantitative estimate of drug-likeness (QED) is 0.193. The van der Waals surface area contributed by atoms with E-state index >= 15 is 0 Å². The molecule has 62 heavy (non-hydrogen) atoms. The molecule has 0 spiro atoms. The van der Waals surface area contributed by atoms with Crippen molar-refractivity contribution >= 4 is 40.2 Å². The van der Waals surface area contributed by atoms with Gasteiger partial charge in [-0.15, -0.1) is 11.8 Å². The van der Waals surface area contributed by atoms with Crippen molar-refractivity contribution in [1.82, 2.24) is 0 Å². The number of Topliss-reactive ketones (excluding diaryl/α,β-unsaturated/α-hetero) is 2. The van der Waals surface area contributed by atoms with Gasteiger partial charge in [0.05, 0.1) is 41.3 Å². The van der Waals surface area contributed by atoms with Gasteiger partial charge in [0.15, 0.2) is 16.7 Å². The zero-order valence-corrected chi connectivity index (χ0v) is 40.7. The Kier molecular flexibility index (Phi) is 12.8. The maximum absolute atomic E-state index is 12.4. The molecule has 22 atom stereocenters. The lowest BCUT2D eigenvalue weighted by atomic mass is 9.43. The first-order valence-electron chi connectivity index (χ1n) is 25.6. The van der Waals surface area contributed by atoms with Gasteiger partial charge < -0.3 is 20.4 Å². The first kappa shape index (κ1) is 46.4. The molecular weight excluding hydrogens is 813 g/mol. The molecule has 10 fully saturated rings. The van der Waals surface area contributed by atoms with E-state index in [1.165, 1.54) is 63.1 Å². The Morgan fingerprint density at radius 1 is 0.548 bits per heavy atom. The second-order valence-corrected chi connectivity index (χ2v) is 27.4. The van der Waals surface area contributed by atoms with Crippen LogP contribution in [0.5, 0.6) is 0 Å². The summed E-state index contributed by atoms with van der Waals surface area (Å²) in [5.41, 5.74) is 1.08. The minimum Gasteiger partial charge on any atom is -0.393 e. The van der Waals surface area contributed by atoms with E-state index in [0.717, 1.165) is 69.1 Å². The van der Waals surface area contributed by atoms with Crippen molar-refractivity contribution in [3.8, 4) is 0 Å². The van der Waals surface area contributed by atoms with Crippen molar-refractivity contribution in [2.24, 2.45) is 92.7 Å². The molecule has 8 aliphatic carbocycles. The summed E-state index contributed by atoms with van der Waals surface area (Å²) < 4.78 is 0. The summed E-state index contributed by atoms with van der Waals surface area (Å²) in [4.78, 5) is 37.4. The molecule has 8 unspecified atom stereocenters. The van der Waals surface area contributed by atoms with Gasteiger partial charge >= 0.3 is 0 Å². The second-order valence-electron chi connectivity index (χ2n) is 24.7. The predicted octanol–water partition coefficient (Wildman–Crippen LogP) is 10.2. The molecule has 348 valence electrons. The van der Waals surface area contributed by atoms with Crippen LogP contribution in [-0.2, 0) is 14.4 Å². The maximum atomic E-state index is 12.4. The zero-order chi connectivity index (χ0) is 44.3. The summed E-state index contributed by atoms with van der Waals surface area (Å²) in [5, 5.41) is 43.3. The average molecular weight is 895 g/mol. The molecule has 0 bridgehead atoms. The molecule has 7 nitrogen and oxygen atoms in total. The molecule has 2 aliphatic heterocycles. The van der Waals surface area contributed by atoms with Crippen LogP contribution in [0.25, 0.3) is 0 Å². The van der Waals surface area contributed by atoms with Crippen molar-refractivity contribution in [2.45, 2.75) is 205 Å². The van der Waals surface area contributed by atoms with Gasteiger partial charge in [-0.05, 0) is 213 Å². The van der Waals surface area contributed by atoms with Gasteiger partial charge in [0, 0.05) is 6.42 Å². The van der Waals surface area contributed by atoms with Crippen LogP contribution in [0, 0.1) is 92.7 Å². The molecular formula is C53H82O7S2. The van der Waals surface area contributed by atoms with Gasteiger partial charge in [-0.1, -0.05) is 59.9 Å². The Bertz CT molecular complexity index is 1630. The molecule has 8 saturated carbocycles. The molecule has 10 rings (SSSR count). The van der Waals surface area contributed by atoms with Gasteiger partial charge in [-0.25, -0.2) is 0 Å². The van der Waals surface area contributed by atoms with Crippen molar-refractivity contribution in [1.29, 1.82) is 0 Å². The molecule has 9 heteroatoms.